The third-order valence-electron chi connectivity index (χ3n) is 4.39. The molecule has 0 bridgehead atoms. The van der Waals surface area contributed by atoms with Gasteiger partial charge in [0.1, 0.15) is 29.0 Å². The van der Waals surface area contributed by atoms with Crippen molar-refractivity contribution in [2.75, 3.05) is 19.5 Å². The number of aromatic nitrogens is 2. The molecule has 0 aliphatic carbocycles. The Morgan fingerprint density at radius 1 is 1.14 bits per heavy atom. The minimum Gasteiger partial charge on any atom is -0.497 e. The van der Waals surface area contributed by atoms with Crippen LogP contribution in [0.1, 0.15) is 5.69 Å². The third-order valence-corrected chi connectivity index (χ3v) is 4.39. The monoisotopic (exact) mass is 404 g/mol. The number of nitrogens with one attached hydrogen (secondary N) is 1. The largest absolute Gasteiger partial charge is 0.497 e. The number of para-hydroxylation sites is 1. The van der Waals surface area contributed by atoms with Gasteiger partial charge in [-0.2, -0.15) is 5.10 Å². The number of benzene rings is 2. The maximum atomic E-state index is 14.7. The highest BCUT2D eigenvalue weighted by Gasteiger charge is 2.26. The number of hydrogen-bond acceptors (Lipinski definition) is 6. The number of ether oxygens (including phenoxy) is 2. The van der Waals surface area contributed by atoms with Gasteiger partial charge in [0.15, 0.2) is 5.69 Å². The Labute approximate surface area is 164 Å². The molecule has 0 fully saturated rings. The Kier molecular flexibility index (Phi) is 5.35. The molecule has 0 amide bonds. The lowest BCUT2D eigenvalue weighted by Crippen LogP contribution is -2.05. The topological polar surface area (TPSA) is 91.5 Å². The second-order valence-electron chi connectivity index (χ2n) is 6.14. The molecule has 0 radical (unpaired) electrons. The van der Waals surface area contributed by atoms with Gasteiger partial charge < -0.3 is 14.8 Å². The van der Waals surface area contributed by atoms with Gasteiger partial charge in [-0.05, 0) is 13.0 Å². The number of nitrogens with zero attached hydrogens (tertiary/aromatic N) is 3. The molecule has 3 rings (SSSR count). The molecule has 0 aliphatic heterocycles. The fourth-order valence-corrected chi connectivity index (χ4v) is 3.09. The summed E-state index contributed by atoms with van der Waals surface area (Å²) in [5.41, 5.74) is -0.0827. The van der Waals surface area contributed by atoms with E-state index in [9.17, 15) is 18.9 Å². The maximum Gasteiger partial charge on any atom is 0.296 e. The van der Waals surface area contributed by atoms with Crippen LogP contribution in [0.3, 0.4) is 0 Å². The Hall–Kier alpha value is -3.69. The first-order valence-corrected chi connectivity index (χ1v) is 8.43. The molecule has 29 heavy (non-hydrogen) atoms. The molecule has 152 valence electrons. The van der Waals surface area contributed by atoms with E-state index in [1.165, 1.54) is 37.1 Å². The molecule has 2 aromatic carbocycles. The van der Waals surface area contributed by atoms with Gasteiger partial charge in [-0.25, -0.2) is 8.78 Å². The van der Waals surface area contributed by atoms with E-state index in [1.54, 1.807) is 14.0 Å². The lowest BCUT2D eigenvalue weighted by Gasteiger charge is -2.14. The second-order valence-corrected chi connectivity index (χ2v) is 6.14. The van der Waals surface area contributed by atoms with Crippen molar-refractivity contribution >= 4 is 17.2 Å². The molecule has 0 unspecified atom stereocenters. The highest BCUT2D eigenvalue weighted by molar-refractivity contribution is 5.85. The van der Waals surface area contributed by atoms with E-state index in [0.29, 0.717) is 5.69 Å². The van der Waals surface area contributed by atoms with Crippen LogP contribution in [0.15, 0.2) is 30.3 Å². The highest BCUT2D eigenvalue weighted by atomic mass is 19.1. The van der Waals surface area contributed by atoms with Gasteiger partial charge in [-0.1, -0.05) is 6.07 Å². The van der Waals surface area contributed by atoms with Crippen LogP contribution in [0.25, 0.3) is 11.1 Å². The van der Waals surface area contributed by atoms with E-state index in [1.807, 2.05) is 0 Å². The zero-order valence-electron chi connectivity index (χ0n) is 16.1. The maximum absolute atomic E-state index is 14.7. The number of hydrogen-bond donors (Lipinski definition) is 1. The molecule has 0 atom stereocenters. The first-order chi connectivity index (χ1) is 13.8. The molecule has 8 nitrogen and oxygen atoms in total. The van der Waals surface area contributed by atoms with Gasteiger partial charge >= 0.3 is 0 Å². The summed E-state index contributed by atoms with van der Waals surface area (Å²) >= 11 is 0. The Balaban J connectivity index is 2.23. The number of nitro groups is 1. The Morgan fingerprint density at radius 3 is 2.34 bits per heavy atom. The molecule has 0 saturated carbocycles. The standard InChI is InChI=1S/C19H18F2N4O4/c1-10-16(17-12(20)8-11(28-3)9-13(17)21)19(24(2)23-10)22-18-14(25(26)27)6-5-7-15(18)29-4/h5-9,22H,1-4H3. The summed E-state index contributed by atoms with van der Waals surface area (Å²) < 4.78 is 40.9. The highest BCUT2D eigenvalue weighted by Crippen LogP contribution is 2.41. The van der Waals surface area contributed by atoms with Crippen LogP contribution < -0.4 is 14.8 Å². The van der Waals surface area contributed by atoms with E-state index in [4.69, 9.17) is 9.47 Å². The molecule has 1 aromatic heterocycles. The summed E-state index contributed by atoms with van der Waals surface area (Å²) in [6.07, 6.45) is 0. The fourth-order valence-electron chi connectivity index (χ4n) is 3.09. The van der Waals surface area contributed by atoms with Crippen LogP contribution in [0.4, 0.5) is 26.0 Å². The average Bonchev–Trinajstić information content (AvgIpc) is 2.94. The number of aryl methyl sites for hydroxylation is 2. The molecule has 3 aromatic rings. The quantitative estimate of drug-likeness (QED) is 0.485. The number of rotatable bonds is 6. The zero-order valence-corrected chi connectivity index (χ0v) is 16.1. The van der Waals surface area contributed by atoms with Crippen molar-refractivity contribution in [2.24, 2.45) is 7.05 Å². The lowest BCUT2D eigenvalue weighted by atomic mass is 10.0. The lowest BCUT2D eigenvalue weighted by molar-refractivity contribution is -0.384. The van der Waals surface area contributed by atoms with E-state index < -0.39 is 16.6 Å². The van der Waals surface area contributed by atoms with Crippen LogP contribution in [-0.2, 0) is 7.05 Å². The first-order valence-electron chi connectivity index (χ1n) is 8.43. The van der Waals surface area contributed by atoms with Gasteiger partial charge in [0, 0.05) is 25.2 Å². The summed E-state index contributed by atoms with van der Waals surface area (Å²) in [5.74, 6) is -1.32. The van der Waals surface area contributed by atoms with Crippen molar-refractivity contribution in [3.63, 3.8) is 0 Å². The summed E-state index contributed by atoms with van der Waals surface area (Å²) in [4.78, 5) is 10.9. The normalized spacial score (nSPS) is 10.7. The van der Waals surface area contributed by atoms with Gasteiger partial charge in [0.2, 0.25) is 0 Å². The fraction of sp³-hybridized carbons (Fsp3) is 0.211. The Morgan fingerprint density at radius 2 is 1.79 bits per heavy atom. The third kappa shape index (κ3) is 3.56. The van der Waals surface area contributed by atoms with Gasteiger partial charge in [-0.15, -0.1) is 0 Å². The summed E-state index contributed by atoms with van der Waals surface area (Å²) in [5, 5.41) is 18.6. The van der Waals surface area contributed by atoms with Crippen molar-refractivity contribution in [3.8, 4) is 22.6 Å². The van der Waals surface area contributed by atoms with Crippen LogP contribution in [0, 0.1) is 28.7 Å². The second kappa shape index (κ2) is 7.74. The molecular weight excluding hydrogens is 386 g/mol. The van der Waals surface area contributed by atoms with Crippen molar-refractivity contribution in [3.05, 3.63) is 57.8 Å². The molecule has 0 spiro atoms. The molecule has 1 N–H and O–H groups in total. The van der Waals surface area contributed by atoms with Gasteiger partial charge in [-0.3, -0.25) is 14.8 Å². The predicted octanol–water partition coefficient (Wildman–Crippen LogP) is 4.34. The zero-order chi connectivity index (χ0) is 21.3. The van der Waals surface area contributed by atoms with Crippen molar-refractivity contribution in [2.45, 2.75) is 6.92 Å². The number of nitro benzene ring substituents is 1. The van der Waals surface area contributed by atoms with Crippen molar-refractivity contribution < 1.29 is 23.2 Å². The minimum atomic E-state index is -0.851. The van der Waals surface area contributed by atoms with E-state index >= 15 is 0 Å². The number of anilines is 2. The molecule has 10 heteroatoms. The van der Waals surface area contributed by atoms with Crippen LogP contribution in [0.2, 0.25) is 0 Å². The minimum absolute atomic E-state index is 0.0279. The van der Waals surface area contributed by atoms with E-state index in [2.05, 4.69) is 10.4 Å². The van der Waals surface area contributed by atoms with Crippen molar-refractivity contribution in [1.82, 2.24) is 9.78 Å². The predicted molar refractivity (Wildman–Crippen MR) is 103 cm³/mol. The SMILES string of the molecule is COc1cc(F)c(-c2c(C)nn(C)c2Nc2c(OC)cccc2[N+](=O)[O-])c(F)c1. The molecular formula is C19H18F2N4O4. The first kappa shape index (κ1) is 20.1. The molecule has 0 aliphatic rings. The summed E-state index contributed by atoms with van der Waals surface area (Å²) in [6, 6.07) is 6.41. The number of halogens is 2. The van der Waals surface area contributed by atoms with E-state index in [0.717, 1.165) is 12.1 Å². The van der Waals surface area contributed by atoms with E-state index in [-0.39, 0.29) is 39.8 Å². The molecule has 0 saturated heterocycles. The van der Waals surface area contributed by atoms with Crippen LogP contribution in [0.5, 0.6) is 11.5 Å². The smallest absolute Gasteiger partial charge is 0.296 e. The van der Waals surface area contributed by atoms with Crippen LogP contribution >= 0.6 is 0 Å². The van der Waals surface area contributed by atoms with Gasteiger partial charge in [0.25, 0.3) is 5.69 Å². The molecule has 1 heterocycles. The van der Waals surface area contributed by atoms with Crippen molar-refractivity contribution in [1.29, 1.82) is 0 Å². The Bertz CT molecular complexity index is 1080. The summed E-state index contributed by atoms with van der Waals surface area (Å²) in [7, 11) is 4.22. The summed E-state index contributed by atoms with van der Waals surface area (Å²) in [6.45, 7) is 1.58. The average molecular weight is 404 g/mol. The number of methoxy groups -OCH3 is 2. The van der Waals surface area contributed by atoms with Crippen LogP contribution in [-0.4, -0.2) is 28.9 Å². The van der Waals surface area contributed by atoms with Gasteiger partial charge in [0.05, 0.1) is 36.0 Å².